The number of benzene rings is 4. The molecule has 0 bridgehead atoms. The van der Waals surface area contributed by atoms with Crippen LogP contribution in [0.25, 0.3) is 44.4 Å². The highest BCUT2D eigenvalue weighted by Crippen LogP contribution is 2.38. The van der Waals surface area contributed by atoms with Crippen LogP contribution >= 0.6 is 0 Å². The van der Waals surface area contributed by atoms with Crippen LogP contribution in [-0.4, -0.2) is 19.3 Å². The highest BCUT2D eigenvalue weighted by Gasteiger charge is 2.20. The Balaban J connectivity index is 1.33. The van der Waals surface area contributed by atoms with Gasteiger partial charge in [-0.1, -0.05) is 63.6 Å². The van der Waals surface area contributed by atoms with E-state index < -0.39 is 0 Å². The third-order valence-corrected chi connectivity index (χ3v) is 9.61. The molecular formula is C44H46N4O. The number of hydrogen-bond donors (Lipinski definition) is 0. The Morgan fingerprint density at radius 2 is 1.43 bits per heavy atom. The van der Waals surface area contributed by atoms with Crippen molar-refractivity contribution in [2.45, 2.75) is 74.7 Å². The van der Waals surface area contributed by atoms with Gasteiger partial charge in [-0.15, -0.1) is 0 Å². The standard InChI is InChI=1S/C44H46N4O/c1-26(2)18-33-16-17-45-42(21-33)47-40-13-11-10-12-38(40)39-15-14-36(25-41(39)47)49-37-23-34(27(3)4)22-35(24-37)48-32(9)44(31(8)46-48)43-29(6)19-28(5)20-30(43)7/h10-17,19-27H,18H2,1-9H3. The van der Waals surface area contributed by atoms with Crippen LogP contribution in [0.1, 0.15) is 72.8 Å². The molecule has 4 aromatic carbocycles. The fourth-order valence-corrected chi connectivity index (χ4v) is 7.53. The average molecular weight is 647 g/mol. The van der Waals surface area contributed by atoms with Gasteiger partial charge >= 0.3 is 0 Å². The van der Waals surface area contributed by atoms with Gasteiger partial charge in [-0.3, -0.25) is 4.57 Å². The van der Waals surface area contributed by atoms with E-state index in [2.05, 4.69) is 156 Å². The van der Waals surface area contributed by atoms with Crippen molar-refractivity contribution < 1.29 is 4.74 Å². The Morgan fingerprint density at radius 1 is 0.694 bits per heavy atom. The number of aryl methyl sites for hydroxylation is 4. The summed E-state index contributed by atoms with van der Waals surface area (Å²) in [4.78, 5) is 4.85. The molecule has 0 amide bonds. The van der Waals surface area contributed by atoms with Gasteiger partial charge in [0.15, 0.2) is 0 Å². The minimum atomic E-state index is 0.314. The van der Waals surface area contributed by atoms with E-state index in [9.17, 15) is 0 Å². The first kappa shape index (κ1) is 32.4. The summed E-state index contributed by atoms with van der Waals surface area (Å²) in [5.41, 5.74) is 14.1. The number of aromatic nitrogens is 4. The second kappa shape index (κ2) is 12.7. The van der Waals surface area contributed by atoms with E-state index in [1.807, 2.05) is 6.20 Å². The molecule has 0 aliphatic heterocycles. The monoisotopic (exact) mass is 646 g/mol. The van der Waals surface area contributed by atoms with Gasteiger partial charge in [0.25, 0.3) is 0 Å². The Hall–Kier alpha value is -5.16. The highest BCUT2D eigenvalue weighted by atomic mass is 16.5. The number of ether oxygens (including phenoxy) is 1. The van der Waals surface area contributed by atoms with Crippen LogP contribution in [0.2, 0.25) is 0 Å². The van der Waals surface area contributed by atoms with Crippen molar-refractivity contribution in [2.24, 2.45) is 5.92 Å². The van der Waals surface area contributed by atoms with Gasteiger partial charge in [0.1, 0.15) is 17.3 Å². The molecule has 0 unspecified atom stereocenters. The molecule has 0 aliphatic rings. The summed E-state index contributed by atoms with van der Waals surface area (Å²) >= 11 is 0. The first-order valence-corrected chi connectivity index (χ1v) is 17.4. The van der Waals surface area contributed by atoms with Gasteiger partial charge in [-0.05, 0) is 123 Å². The van der Waals surface area contributed by atoms with Crippen LogP contribution in [-0.2, 0) is 6.42 Å². The summed E-state index contributed by atoms with van der Waals surface area (Å²) in [6, 6.07) is 30.3. The second-order valence-electron chi connectivity index (χ2n) is 14.4. The van der Waals surface area contributed by atoms with E-state index in [0.29, 0.717) is 11.8 Å². The maximum atomic E-state index is 6.74. The van der Waals surface area contributed by atoms with Gasteiger partial charge in [0.05, 0.1) is 22.4 Å². The van der Waals surface area contributed by atoms with E-state index in [0.717, 1.165) is 51.8 Å². The lowest BCUT2D eigenvalue weighted by Gasteiger charge is -2.15. The molecular weight excluding hydrogens is 601 g/mol. The molecule has 7 aromatic rings. The largest absolute Gasteiger partial charge is 0.457 e. The van der Waals surface area contributed by atoms with Crippen molar-refractivity contribution >= 4 is 21.8 Å². The molecule has 0 radical (unpaired) electrons. The maximum Gasteiger partial charge on any atom is 0.137 e. The normalized spacial score (nSPS) is 11.8. The quantitative estimate of drug-likeness (QED) is 0.165. The topological polar surface area (TPSA) is 44.9 Å². The van der Waals surface area contributed by atoms with Gasteiger partial charge < -0.3 is 4.74 Å². The first-order chi connectivity index (χ1) is 23.5. The fraction of sp³-hybridized carbons (Fsp3) is 0.273. The molecule has 5 heteroatoms. The third kappa shape index (κ3) is 6.03. The van der Waals surface area contributed by atoms with Crippen LogP contribution in [0.5, 0.6) is 11.5 Å². The Labute approximate surface area is 290 Å². The summed E-state index contributed by atoms with van der Waals surface area (Å²) in [6.45, 7) is 19.8. The lowest BCUT2D eigenvalue weighted by Crippen LogP contribution is -2.02. The van der Waals surface area contributed by atoms with Crippen LogP contribution in [0.4, 0.5) is 0 Å². The van der Waals surface area contributed by atoms with Crippen molar-refractivity contribution in [3.05, 3.63) is 130 Å². The predicted octanol–water partition coefficient (Wildman–Crippen LogP) is 11.7. The van der Waals surface area contributed by atoms with Crippen LogP contribution in [0, 0.1) is 40.5 Å². The smallest absolute Gasteiger partial charge is 0.137 e. The molecule has 49 heavy (non-hydrogen) atoms. The second-order valence-corrected chi connectivity index (χ2v) is 14.4. The summed E-state index contributed by atoms with van der Waals surface area (Å²) in [7, 11) is 0. The van der Waals surface area contributed by atoms with Crippen molar-refractivity contribution in [1.29, 1.82) is 0 Å². The highest BCUT2D eigenvalue weighted by molar-refractivity contribution is 6.09. The van der Waals surface area contributed by atoms with Crippen LogP contribution in [0.3, 0.4) is 0 Å². The molecule has 248 valence electrons. The molecule has 3 heterocycles. The first-order valence-electron chi connectivity index (χ1n) is 17.4. The number of para-hydroxylation sites is 1. The van der Waals surface area contributed by atoms with Gasteiger partial charge in [-0.2, -0.15) is 5.10 Å². The van der Waals surface area contributed by atoms with Crippen LogP contribution < -0.4 is 4.74 Å². The summed E-state index contributed by atoms with van der Waals surface area (Å²) in [5, 5.41) is 7.47. The van der Waals surface area contributed by atoms with Crippen LogP contribution in [0.15, 0.2) is 91.1 Å². The predicted molar refractivity (Wildman–Crippen MR) is 204 cm³/mol. The molecule has 0 atom stereocenters. The molecule has 0 saturated carbocycles. The molecule has 0 aliphatic carbocycles. The zero-order valence-corrected chi connectivity index (χ0v) is 30.2. The molecule has 0 fully saturated rings. The van der Waals surface area contributed by atoms with E-state index in [1.165, 1.54) is 49.7 Å². The summed E-state index contributed by atoms with van der Waals surface area (Å²) < 4.78 is 11.1. The van der Waals surface area contributed by atoms with E-state index in [-0.39, 0.29) is 0 Å². The lowest BCUT2D eigenvalue weighted by molar-refractivity contribution is 0.481. The minimum absolute atomic E-state index is 0.314. The molecule has 0 spiro atoms. The average Bonchev–Trinajstić information content (AvgIpc) is 3.53. The van der Waals surface area contributed by atoms with Crippen molar-refractivity contribution in [3.8, 4) is 34.1 Å². The summed E-state index contributed by atoms with van der Waals surface area (Å²) in [5.74, 6) is 3.37. The number of hydrogen-bond acceptors (Lipinski definition) is 3. The maximum absolute atomic E-state index is 6.74. The fourth-order valence-electron chi connectivity index (χ4n) is 7.53. The molecule has 0 saturated heterocycles. The lowest BCUT2D eigenvalue weighted by atomic mass is 9.92. The number of fused-ring (bicyclic) bond motifs is 3. The van der Waals surface area contributed by atoms with Crippen molar-refractivity contribution in [2.75, 3.05) is 0 Å². The van der Waals surface area contributed by atoms with Gasteiger partial charge in [0.2, 0.25) is 0 Å². The molecule has 5 nitrogen and oxygen atoms in total. The number of nitrogens with zero attached hydrogens (tertiary/aromatic N) is 4. The number of rotatable bonds is 8. The van der Waals surface area contributed by atoms with E-state index >= 15 is 0 Å². The Kier molecular flexibility index (Phi) is 8.40. The molecule has 0 N–H and O–H groups in total. The van der Waals surface area contributed by atoms with Gasteiger partial charge in [0, 0.05) is 40.4 Å². The summed E-state index contributed by atoms with van der Waals surface area (Å²) in [6.07, 6.45) is 2.94. The Bertz CT molecular complexity index is 2330. The molecule has 7 rings (SSSR count). The minimum Gasteiger partial charge on any atom is -0.457 e. The van der Waals surface area contributed by atoms with Gasteiger partial charge in [-0.25, -0.2) is 9.67 Å². The SMILES string of the molecule is Cc1cc(C)c(-c2c(C)nn(-c3cc(Oc4ccc5c6ccccc6n(-c6cc(CC(C)C)ccn6)c5c4)cc(C(C)C)c3)c2C)c(C)c1. The van der Waals surface area contributed by atoms with Crippen molar-refractivity contribution in [1.82, 2.24) is 19.3 Å². The molecule has 3 aromatic heterocycles. The van der Waals surface area contributed by atoms with Crippen molar-refractivity contribution in [3.63, 3.8) is 0 Å². The van der Waals surface area contributed by atoms with E-state index in [4.69, 9.17) is 14.8 Å². The number of pyridine rings is 1. The zero-order valence-electron chi connectivity index (χ0n) is 30.2. The third-order valence-electron chi connectivity index (χ3n) is 9.61. The Morgan fingerprint density at radius 3 is 2.16 bits per heavy atom. The van der Waals surface area contributed by atoms with E-state index in [1.54, 1.807) is 0 Å². The zero-order chi connectivity index (χ0) is 34.6.